The highest BCUT2D eigenvalue weighted by Crippen LogP contribution is 2.15. The van der Waals surface area contributed by atoms with Crippen LogP contribution in [0.2, 0.25) is 0 Å². The van der Waals surface area contributed by atoms with Crippen LogP contribution in [0, 0.1) is 19.7 Å². The minimum absolute atomic E-state index is 0.0707. The fourth-order valence-electron chi connectivity index (χ4n) is 1.63. The molecule has 0 bridgehead atoms. The Hall–Kier alpha value is -2.17. The smallest absolute Gasteiger partial charge is 0.246 e. The summed E-state index contributed by atoms with van der Waals surface area (Å²) in [6.07, 6.45) is 3.42. The van der Waals surface area contributed by atoms with Crippen LogP contribution in [0.5, 0.6) is 0 Å². The number of rotatable bonds is 3. The monoisotopic (exact) mass is 247 g/mol. The maximum Gasteiger partial charge on any atom is 0.246 e. The third kappa shape index (κ3) is 2.94. The van der Waals surface area contributed by atoms with E-state index in [-0.39, 0.29) is 18.1 Å². The average Bonchev–Trinajstić information content (AvgIpc) is 2.69. The first-order valence-electron chi connectivity index (χ1n) is 5.59. The van der Waals surface area contributed by atoms with Crippen molar-refractivity contribution in [1.29, 1.82) is 0 Å². The van der Waals surface area contributed by atoms with Crippen LogP contribution >= 0.6 is 0 Å². The van der Waals surface area contributed by atoms with Gasteiger partial charge in [0.1, 0.15) is 12.4 Å². The molecule has 0 aliphatic heterocycles. The van der Waals surface area contributed by atoms with Gasteiger partial charge in [0.15, 0.2) is 0 Å². The predicted molar refractivity (Wildman–Crippen MR) is 66.7 cm³/mol. The second kappa shape index (κ2) is 5.00. The van der Waals surface area contributed by atoms with E-state index in [0.717, 1.165) is 11.1 Å². The van der Waals surface area contributed by atoms with E-state index in [2.05, 4.69) is 10.4 Å². The number of hydrogen-bond donors (Lipinski definition) is 1. The largest absolute Gasteiger partial charge is 0.322 e. The van der Waals surface area contributed by atoms with Crippen molar-refractivity contribution in [3.63, 3.8) is 0 Å². The van der Waals surface area contributed by atoms with E-state index in [1.165, 1.54) is 10.7 Å². The van der Waals surface area contributed by atoms with Crippen LogP contribution in [-0.2, 0) is 11.3 Å². The van der Waals surface area contributed by atoms with E-state index >= 15 is 0 Å². The molecule has 94 valence electrons. The second-order valence-corrected chi connectivity index (χ2v) is 4.25. The van der Waals surface area contributed by atoms with Crippen LogP contribution in [0.1, 0.15) is 11.1 Å². The number of aryl methyl sites for hydroxylation is 2. The summed E-state index contributed by atoms with van der Waals surface area (Å²) < 4.78 is 14.9. The van der Waals surface area contributed by atoms with Gasteiger partial charge in [-0.2, -0.15) is 5.10 Å². The van der Waals surface area contributed by atoms with Gasteiger partial charge in [-0.3, -0.25) is 9.48 Å². The number of nitrogens with one attached hydrogen (secondary N) is 1. The summed E-state index contributed by atoms with van der Waals surface area (Å²) >= 11 is 0. The van der Waals surface area contributed by atoms with Crippen molar-refractivity contribution in [2.24, 2.45) is 0 Å². The summed E-state index contributed by atoms with van der Waals surface area (Å²) in [6, 6.07) is 4.59. The lowest BCUT2D eigenvalue weighted by Crippen LogP contribution is -2.19. The molecule has 1 heterocycles. The van der Waals surface area contributed by atoms with Crippen molar-refractivity contribution in [3.05, 3.63) is 47.5 Å². The Morgan fingerprint density at radius 3 is 2.83 bits per heavy atom. The zero-order valence-electron chi connectivity index (χ0n) is 10.3. The van der Waals surface area contributed by atoms with Crippen molar-refractivity contribution < 1.29 is 9.18 Å². The topological polar surface area (TPSA) is 46.9 Å². The summed E-state index contributed by atoms with van der Waals surface area (Å²) in [5, 5.41) is 6.53. The number of anilines is 1. The highest BCUT2D eigenvalue weighted by molar-refractivity contribution is 5.90. The molecule has 0 atom stereocenters. The lowest BCUT2D eigenvalue weighted by molar-refractivity contribution is -0.116. The molecule has 18 heavy (non-hydrogen) atoms. The molecule has 2 rings (SSSR count). The number of nitrogens with zero attached hydrogens (tertiary/aromatic N) is 2. The van der Waals surface area contributed by atoms with Crippen LogP contribution in [-0.4, -0.2) is 15.7 Å². The third-order valence-electron chi connectivity index (χ3n) is 2.46. The Kier molecular flexibility index (Phi) is 3.41. The van der Waals surface area contributed by atoms with E-state index in [1.54, 1.807) is 24.5 Å². The van der Waals surface area contributed by atoms with Gasteiger partial charge in [-0.25, -0.2) is 4.39 Å². The maximum atomic E-state index is 13.4. The van der Waals surface area contributed by atoms with Crippen molar-refractivity contribution in [1.82, 2.24) is 9.78 Å². The van der Waals surface area contributed by atoms with Crippen molar-refractivity contribution in [2.75, 3.05) is 5.32 Å². The first-order valence-corrected chi connectivity index (χ1v) is 5.59. The molecule has 1 aromatic carbocycles. The molecule has 1 aromatic heterocycles. The Labute approximate surface area is 104 Å². The fourth-order valence-corrected chi connectivity index (χ4v) is 1.63. The first kappa shape index (κ1) is 12.3. The normalized spacial score (nSPS) is 10.4. The minimum Gasteiger partial charge on any atom is -0.322 e. The lowest BCUT2D eigenvalue weighted by atomic mass is 10.2. The third-order valence-corrected chi connectivity index (χ3v) is 2.46. The van der Waals surface area contributed by atoms with Crippen LogP contribution < -0.4 is 5.32 Å². The molecule has 1 amide bonds. The van der Waals surface area contributed by atoms with Crippen molar-refractivity contribution in [3.8, 4) is 0 Å². The highest BCUT2D eigenvalue weighted by atomic mass is 19.1. The van der Waals surface area contributed by atoms with Gasteiger partial charge in [0.05, 0.1) is 11.9 Å². The number of carbonyl (C=O) groups excluding carboxylic acids is 1. The van der Waals surface area contributed by atoms with Gasteiger partial charge in [0.2, 0.25) is 5.91 Å². The van der Waals surface area contributed by atoms with E-state index in [0.29, 0.717) is 0 Å². The quantitative estimate of drug-likeness (QED) is 0.904. The molecule has 0 unspecified atom stereocenters. The molecule has 0 spiro atoms. The van der Waals surface area contributed by atoms with Gasteiger partial charge in [0.25, 0.3) is 0 Å². The number of carbonyl (C=O) groups is 1. The number of aromatic nitrogens is 2. The molecule has 4 nitrogen and oxygen atoms in total. The lowest BCUT2D eigenvalue weighted by Gasteiger charge is -2.07. The van der Waals surface area contributed by atoms with Crippen LogP contribution in [0.3, 0.4) is 0 Å². The van der Waals surface area contributed by atoms with Crippen LogP contribution in [0.25, 0.3) is 0 Å². The van der Waals surface area contributed by atoms with Gasteiger partial charge in [0, 0.05) is 6.20 Å². The molecule has 0 saturated heterocycles. The number of benzene rings is 1. The van der Waals surface area contributed by atoms with Crippen molar-refractivity contribution >= 4 is 11.6 Å². The summed E-state index contributed by atoms with van der Waals surface area (Å²) in [5.74, 6) is -0.742. The predicted octanol–water partition coefficient (Wildman–Crippen LogP) is 2.28. The Morgan fingerprint density at radius 1 is 1.39 bits per heavy atom. The summed E-state index contributed by atoms with van der Waals surface area (Å²) in [7, 11) is 0. The minimum atomic E-state index is -0.439. The number of hydrogen-bond acceptors (Lipinski definition) is 2. The zero-order valence-corrected chi connectivity index (χ0v) is 10.3. The number of amides is 1. The molecule has 2 aromatic rings. The zero-order chi connectivity index (χ0) is 13.1. The second-order valence-electron chi connectivity index (χ2n) is 4.25. The van der Waals surface area contributed by atoms with E-state index < -0.39 is 5.82 Å². The molecule has 0 radical (unpaired) electrons. The van der Waals surface area contributed by atoms with Gasteiger partial charge in [-0.15, -0.1) is 0 Å². The van der Waals surface area contributed by atoms with Gasteiger partial charge in [-0.1, -0.05) is 6.07 Å². The molecule has 1 N–H and O–H groups in total. The Balaban J connectivity index is 2.05. The van der Waals surface area contributed by atoms with E-state index in [4.69, 9.17) is 0 Å². The van der Waals surface area contributed by atoms with Crippen LogP contribution in [0.15, 0.2) is 30.6 Å². The summed E-state index contributed by atoms with van der Waals surface area (Å²) in [5.41, 5.74) is 2.06. The average molecular weight is 247 g/mol. The molecular weight excluding hydrogens is 233 g/mol. The SMILES string of the molecule is Cc1ccc(F)c(NC(=O)Cn2cc(C)cn2)c1. The standard InChI is InChI=1S/C13H14FN3O/c1-9-3-4-11(14)12(5-9)16-13(18)8-17-7-10(2)6-15-17/h3-7H,8H2,1-2H3,(H,16,18). The van der Waals surface area contributed by atoms with Gasteiger partial charge >= 0.3 is 0 Å². The molecule has 0 aliphatic carbocycles. The van der Waals surface area contributed by atoms with E-state index in [9.17, 15) is 9.18 Å². The van der Waals surface area contributed by atoms with E-state index in [1.807, 2.05) is 13.8 Å². The Morgan fingerprint density at radius 2 is 2.17 bits per heavy atom. The molecule has 0 fully saturated rings. The summed E-state index contributed by atoms with van der Waals surface area (Å²) in [4.78, 5) is 11.7. The molecular formula is C13H14FN3O. The van der Waals surface area contributed by atoms with Gasteiger partial charge < -0.3 is 5.32 Å². The Bertz CT molecular complexity index is 577. The first-order chi connectivity index (χ1) is 8.54. The fraction of sp³-hybridized carbons (Fsp3) is 0.231. The van der Waals surface area contributed by atoms with Crippen molar-refractivity contribution in [2.45, 2.75) is 20.4 Å². The molecule has 0 saturated carbocycles. The number of halogens is 1. The molecule has 5 heteroatoms. The maximum absolute atomic E-state index is 13.4. The van der Waals surface area contributed by atoms with Gasteiger partial charge in [-0.05, 0) is 37.1 Å². The summed E-state index contributed by atoms with van der Waals surface area (Å²) in [6.45, 7) is 3.80. The van der Waals surface area contributed by atoms with Crippen LogP contribution in [0.4, 0.5) is 10.1 Å². The molecule has 0 aliphatic rings. The highest BCUT2D eigenvalue weighted by Gasteiger charge is 2.08.